The van der Waals surface area contributed by atoms with Crippen molar-refractivity contribution < 1.29 is 0 Å². The minimum atomic E-state index is 0.480. The summed E-state index contributed by atoms with van der Waals surface area (Å²) < 4.78 is 0. The predicted octanol–water partition coefficient (Wildman–Crippen LogP) is 5.27. The second-order valence-corrected chi connectivity index (χ2v) is 7.72. The first-order chi connectivity index (χ1) is 8.86. The van der Waals surface area contributed by atoms with Crippen molar-refractivity contribution in [2.75, 3.05) is 13.1 Å². The number of rotatable bonds is 9. The third kappa shape index (κ3) is 5.69. The molecule has 0 spiro atoms. The zero-order valence-corrected chi connectivity index (χ0v) is 14.0. The van der Waals surface area contributed by atoms with Crippen LogP contribution < -0.4 is 0 Å². The summed E-state index contributed by atoms with van der Waals surface area (Å²) in [6.07, 6.45) is 10.3. The average Bonchev–Trinajstić information content (AvgIpc) is 3.11. The highest BCUT2D eigenvalue weighted by molar-refractivity contribution is 4.99. The first-order valence-corrected chi connectivity index (χ1v) is 8.22. The van der Waals surface area contributed by atoms with Crippen LogP contribution in [0.15, 0.2) is 12.7 Å². The Hall–Kier alpha value is -0.300. The molecule has 0 amide bonds. The molecule has 1 heteroatoms. The molecule has 1 fully saturated rings. The highest BCUT2D eigenvalue weighted by Gasteiger charge is 2.44. The molecule has 0 N–H and O–H groups in total. The molecule has 0 aromatic rings. The van der Waals surface area contributed by atoms with Gasteiger partial charge in [0.15, 0.2) is 0 Å². The molecule has 1 saturated carbocycles. The van der Waals surface area contributed by atoms with Crippen molar-refractivity contribution in [3.63, 3.8) is 0 Å². The van der Waals surface area contributed by atoms with E-state index in [0.717, 1.165) is 6.54 Å². The van der Waals surface area contributed by atoms with E-state index < -0.39 is 0 Å². The smallest absolute Gasteiger partial charge is 0.0275 e. The van der Waals surface area contributed by atoms with Crippen LogP contribution in [0.3, 0.4) is 0 Å². The van der Waals surface area contributed by atoms with Crippen molar-refractivity contribution in [2.24, 2.45) is 10.8 Å². The molecule has 1 unspecified atom stereocenters. The minimum absolute atomic E-state index is 0.480. The lowest BCUT2D eigenvalue weighted by Crippen LogP contribution is -2.38. The van der Waals surface area contributed by atoms with E-state index in [4.69, 9.17) is 0 Å². The topological polar surface area (TPSA) is 3.24 Å². The largest absolute Gasteiger partial charge is 0.297 e. The lowest BCUT2D eigenvalue weighted by molar-refractivity contribution is 0.169. The molecule has 19 heavy (non-hydrogen) atoms. The van der Waals surface area contributed by atoms with Crippen LogP contribution in [0.1, 0.15) is 73.1 Å². The zero-order valence-electron chi connectivity index (χ0n) is 14.0. The van der Waals surface area contributed by atoms with Crippen molar-refractivity contribution in [3.8, 4) is 0 Å². The molecule has 0 aliphatic heterocycles. The van der Waals surface area contributed by atoms with Crippen LogP contribution in [0.2, 0.25) is 0 Å². The molecule has 1 aliphatic carbocycles. The molecular weight excluding hydrogens is 230 g/mol. The second-order valence-electron chi connectivity index (χ2n) is 7.72. The molecule has 0 saturated heterocycles. The van der Waals surface area contributed by atoms with Crippen molar-refractivity contribution in [1.29, 1.82) is 0 Å². The lowest BCUT2D eigenvalue weighted by atomic mass is 9.85. The van der Waals surface area contributed by atoms with Gasteiger partial charge in [-0.25, -0.2) is 0 Å². The minimum Gasteiger partial charge on any atom is -0.297 e. The maximum absolute atomic E-state index is 4.04. The summed E-state index contributed by atoms with van der Waals surface area (Å²) in [4.78, 5) is 2.66. The van der Waals surface area contributed by atoms with E-state index in [0.29, 0.717) is 16.9 Å². The third-order valence-corrected chi connectivity index (χ3v) is 4.63. The number of hydrogen-bond donors (Lipinski definition) is 0. The first-order valence-electron chi connectivity index (χ1n) is 8.22. The highest BCUT2D eigenvalue weighted by Crippen LogP contribution is 2.52. The van der Waals surface area contributed by atoms with Crippen LogP contribution in [0.5, 0.6) is 0 Å². The number of nitrogens with zero attached hydrogens (tertiary/aromatic N) is 1. The van der Waals surface area contributed by atoms with Gasteiger partial charge in [0.25, 0.3) is 0 Å². The summed E-state index contributed by atoms with van der Waals surface area (Å²) in [6, 6.07) is 0.585. The van der Waals surface area contributed by atoms with E-state index >= 15 is 0 Å². The van der Waals surface area contributed by atoms with Gasteiger partial charge in [-0.1, -0.05) is 47.1 Å². The van der Waals surface area contributed by atoms with Crippen molar-refractivity contribution in [3.05, 3.63) is 12.7 Å². The fourth-order valence-electron chi connectivity index (χ4n) is 2.94. The first kappa shape index (κ1) is 16.8. The van der Waals surface area contributed by atoms with Gasteiger partial charge in [-0.2, -0.15) is 0 Å². The van der Waals surface area contributed by atoms with Gasteiger partial charge in [-0.15, -0.1) is 6.58 Å². The van der Waals surface area contributed by atoms with Gasteiger partial charge in [-0.05, 0) is 49.5 Å². The fraction of sp³-hybridized carbons (Fsp3) is 0.889. The van der Waals surface area contributed by atoms with E-state index in [1.54, 1.807) is 0 Å². The Morgan fingerprint density at radius 2 is 1.89 bits per heavy atom. The summed E-state index contributed by atoms with van der Waals surface area (Å²) in [6.45, 7) is 18.2. The molecule has 1 nitrogen and oxygen atoms in total. The van der Waals surface area contributed by atoms with Crippen molar-refractivity contribution in [1.82, 2.24) is 4.90 Å². The van der Waals surface area contributed by atoms with Gasteiger partial charge >= 0.3 is 0 Å². The SMILES string of the molecule is C=CC(CCC)N(CC)CC1(CCC(C)(C)C)CC1. The molecule has 0 bridgehead atoms. The predicted molar refractivity (Wildman–Crippen MR) is 86.5 cm³/mol. The maximum atomic E-state index is 4.04. The molecule has 0 heterocycles. The van der Waals surface area contributed by atoms with Crippen LogP contribution in [-0.2, 0) is 0 Å². The summed E-state index contributed by atoms with van der Waals surface area (Å²) in [5.74, 6) is 0. The van der Waals surface area contributed by atoms with Crippen molar-refractivity contribution >= 4 is 0 Å². The van der Waals surface area contributed by atoms with Crippen LogP contribution in [0, 0.1) is 10.8 Å². The molecular formula is C18H35N. The monoisotopic (exact) mass is 265 g/mol. The van der Waals surface area contributed by atoms with E-state index in [1.165, 1.54) is 45.1 Å². The van der Waals surface area contributed by atoms with Crippen LogP contribution in [0.25, 0.3) is 0 Å². The average molecular weight is 265 g/mol. The van der Waals surface area contributed by atoms with E-state index in [2.05, 4.69) is 52.2 Å². The molecule has 0 radical (unpaired) electrons. The van der Waals surface area contributed by atoms with E-state index in [9.17, 15) is 0 Å². The maximum Gasteiger partial charge on any atom is 0.0275 e. The van der Waals surface area contributed by atoms with Gasteiger partial charge in [-0.3, -0.25) is 4.90 Å². The summed E-state index contributed by atoms with van der Waals surface area (Å²) >= 11 is 0. The second kappa shape index (κ2) is 6.92. The number of likely N-dealkylation sites (N-methyl/N-ethyl adjacent to an activating group) is 1. The van der Waals surface area contributed by atoms with Gasteiger partial charge in [0.05, 0.1) is 0 Å². The Bertz CT molecular complexity index is 270. The van der Waals surface area contributed by atoms with Gasteiger partial charge in [0.1, 0.15) is 0 Å². The summed E-state index contributed by atoms with van der Waals surface area (Å²) in [5, 5.41) is 0. The standard InChI is InChI=1S/C18H35N/c1-7-10-16(8-2)19(9-3)15-18(13-14-18)12-11-17(4,5)6/h8,16H,2,7,9-15H2,1,3-6H3. The van der Waals surface area contributed by atoms with Gasteiger partial charge < -0.3 is 0 Å². The Balaban J connectivity index is 2.52. The lowest BCUT2D eigenvalue weighted by Gasteiger charge is -2.33. The van der Waals surface area contributed by atoms with Crippen LogP contribution in [0.4, 0.5) is 0 Å². The Morgan fingerprint density at radius 3 is 2.26 bits per heavy atom. The van der Waals surface area contributed by atoms with Gasteiger partial charge in [0.2, 0.25) is 0 Å². The fourth-order valence-corrected chi connectivity index (χ4v) is 2.94. The molecule has 0 aromatic carbocycles. The van der Waals surface area contributed by atoms with Crippen molar-refractivity contribution in [2.45, 2.75) is 79.2 Å². The van der Waals surface area contributed by atoms with Gasteiger partial charge in [0, 0.05) is 12.6 Å². The Labute approximate surface area is 121 Å². The highest BCUT2D eigenvalue weighted by atomic mass is 15.2. The molecule has 1 atom stereocenters. The zero-order chi connectivity index (χ0) is 14.5. The molecule has 1 aliphatic rings. The third-order valence-electron chi connectivity index (χ3n) is 4.63. The number of hydrogen-bond acceptors (Lipinski definition) is 1. The normalized spacial score (nSPS) is 19.5. The quantitative estimate of drug-likeness (QED) is 0.513. The van der Waals surface area contributed by atoms with E-state index in [1.807, 2.05) is 0 Å². The van der Waals surface area contributed by atoms with Crippen LogP contribution in [-0.4, -0.2) is 24.0 Å². The molecule has 0 aromatic heterocycles. The molecule has 1 rings (SSSR count). The van der Waals surface area contributed by atoms with Crippen LogP contribution >= 0.6 is 0 Å². The Morgan fingerprint density at radius 1 is 1.26 bits per heavy atom. The van der Waals surface area contributed by atoms with E-state index in [-0.39, 0.29) is 0 Å². The molecule has 112 valence electrons. The summed E-state index contributed by atoms with van der Waals surface area (Å²) in [5.41, 5.74) is 1.12. The Kier molecular flexibility index (Phi) is 6.11. The summed E-state index contributed by atoms with van der Waals surface area (Å²) in [7, 11) is 0.